The number of carbonyl (C=O) groups excluding carboxylic acids is 1. The highest BCUT2D eigenvalue weighted by molar-refractivity contribution is 6.31. The van der Waals surface area contributed by atoms with Crippen LogP contribution in [0.4, 0.5) is 4.39 Å². The van der Waals surface area contributed by atoms with E-state index in [1.165, 1.54) is 12.5 Å². The number of carbonyl (C=O) groups is 1. The number of amides is 1. The molecule has 0 radical (unpaired) electrons. The molecule has 146 valence electrons. The molecule has 4 rings (SSSR count). The Bertz CT molecular complexity index is 974. The number of imidazole rings is 1. The van der Waals surface area contributed by atoms with Crippen molar-refractivity contribution in [3.05, 3.63) is 64.7 Å². The molecule has 1 fully saturated rings. The molecule has 0 saturated heterocycles. The van der Waals surface area contributed by atoms with E-state index in [9.17, 15) is 9.18 Å². The van der Waals surface area contributed by atoms with E-state index in [2.05, 4.69) is 10.3 Å². The van der Waals surface area contributed by atoms with Gasteiger partial charge in [-0.2, -0.15) is 0 Å². The van der Waals surface area contributed by atoms with Crippen molar-refractivity contribution in [1.82, 2.24) is 14.9 Å². The van der Waals surface area contributed by atoms with Crippen LogP contribution < -0.4 is 5.32 Å². The van der Waals surface area contributed by atoms with Crippen molar-refractivity contribution < 1.29 is 9.18 Å². The standard InChI is InChI=1S/C22H23ClFN3O/c23-17-9-6-10-18(24)16(17)14-27-20-12-5-4-11-19(20)26-21(27)13-25-22(28)15-7-2-1-3-8-15/h4-6,9-12,15H,1-3,7-8,13-14H2,(H,25,28). The van der Waals surface area contributed by atoms with Gasteiger partial charge in [0.15, 0.2) is 0 Å². The van der Waals surface area contributed by atoms with E-state index in [0.29, 0.717) is 23.0 Å². The number of benzene rings is 2. The van der Waals surface area contributed by atoms with E-state index in [-0.39, 0.29) is 24.2 Å². The molecule has 6 heteroatoms. The van der Waals surface area contributed by atoms with Crippen LogP contribution in [0.1, 0.15) is 43.5 Å². The molecular weight excluding hydrogens is 377 g/mol. The molecule has 3 aromatic rings. The number of para-hydroxylation sites is 2. The molecule has 0 atom stereocenters. The van der Waals surface area contributed by atoms with Crippen molar-refractivity contribution in [2.45, 2.75) is 45.2 Å². The van der Waals surface area contributed by atoms with Crippen molar-refractivity contribution in [3.8, 4) is 0 Å². The third kappa shape index (κ3) is 3.90. The minimum absolute atomic E-state index is 0.0854. The fourth-order valence-electron chi connectivity index (χ4n) is 3.95. The van der Waals surface area contributed by atoms with Crippen LogP contribution in [-0.2, 0) is 17.9 Å². The van der Waals surface area contributed by atoms with Gasteiger partial charge in [0.25, 0.3) is 0 Å². The van der Waals surface area contributed by atoms with Gasteiger partial charge in [-0.1, -0.05) is 49.1 Å². The quantitative estimate of drug-likeness (QED) is 0.650. The van der Waals surface area contributed by atoms with Crippen LogP contribution in [0.15, 0.2) is 42.5 Å². The fraction of sp³-hybridized carbons (Fsp3) is 0.364. The van der Waals surface area contributed by atoms with Crippen molar-refractivity contribution in [2.75, 3.05) is 0 Å². The molecule has 28 heavy (non-hydrogen) atoms. The highest BCUT2D eigenvalue weighted by Gasteiger charge is 2.22. The molecule has 1 aromatic heterocycles. The van der Waals surface area contributed by atoms with Gasteiger partial charge < -0.3 is 9.88 Å². The zero-order valence-corrected chi connectivity index (χ0v) is 16.4. The average molecular weight is 400 g/mol. The molecule has 4 nitrogen and oxygen atoms in total. The van der Waals surface area contributed by atoms with Gasteiger partial charge in [0.2, 0.25) is 5.91 Å². The average Bonchev–Trinajstić information content (AvgIpc) is 3.07. The summed E-state index contributed by atoms with van der Waals surface area (Å²) < 4.78 is 16.3. The van der Waals surface area contributed by atoms with Gasteiger partial charge in [0.05, 0.1) is 24.1 Å². The number of hydrogen-bond donors (Lipinski definition) is 1. The maximum Gasteiger partial charge on any atom is 0.223 e. The largest absolute Gasteiger partial charge is 0.349 e. The van der Waals surface area contributed by atoms with E-state index in [4.69, 9.17) is 11.6 Å². The van der Waals surface area contributed by atoms with E-state index in [1.54, 1.807) is 12.1 Å². The second kappa shape index (κ2) is 8.31. The first-order chi connectivity index (χ1) is 13.6. The number of rotatable bonds is 5. The molecule has 1 aliphatic rings. The second-order valence-corrected chi connectivity index (χ2v) is 7.76. The van der Waals surface area contributed by atoms with Gasteiger partial charge in [-0.25, -0.2) is 9.37 Å². The Hall–Kier alpha value is -2.40. The first-order valence-corrected chi connectivity index (χ1v) is 10.2. The Morgan fingerprint density at radius 3 is 2.71 bits per heavy atom. The van der Waals surface area contributed by atoms with Crippen molar-refractivity contribution in [1.29, 1.82) is 0 Å². The first kappa shape index (κ1) is 18.9. The fourth-order valence-corrected chi connectivity index (χ4v) is 4.18. The number of nitrogens with zero attached hydrogens (tertiary/aromatic N) is 2. The number of fused-ring (bicyclic) bond motifs is 1. The SMILES string of the molecule is O=C(NCc1nc2ccccc2n1Cc1c(F)cccc1Cl)C1CCCCC1. The summed E-state index contributed by atoms with van der Waals surface area (Å²) in [7, 11) is 0. The van der Waals surface area contributed by atoms with Gasteiger partial charge in [0.1, 0.15) is 11.6 Å². The lowest BCUT2D eigenvalue weighted by atomic mass is 9.89. The number of aromatic nitrogens is 2. The molecule has 1 aliphatic carbocycles. The van der Waals surface area contributed by atoms with E-state index in [0.717, 1.165) is 36.7 Å². The van der Waals surface area contributed by atoms with E-state index in [1.807, 2.05) is 28.8 Å². The topological polar surface area (TPSA) is 46.9 Å². The minimum atomic E-state index is -0.345. The molecule has 2 aromatic carbocycles. The molecular formula is C22H23ClFN3O. The lowest BCUT2D eigenvalue weighted by Gasteiger charge is -2.20. The summed E-state index contributed by atoms with van der Waals surface area (Å²) in [4.78, 5) is 17.2. The number of halogens is 2. The Morgan fingerprint density at radius 2 is 1.93 bits per heavy atom. The maximum atomic E-state index is 14.3. The van der Waals surface area contributed by atoms with Crippen LogP contribution in [0, 0.1) is 11.7 Å². The van der Waals surface area contributed by atoms with Crippen LogP contribution >= 0.6 is 11.6 Å². The van der Waals surface area contributed by atoms with Gasteiger partial charge >= 0.3 is 0 Å². The summed E-state index contributed by atoms with van der Waals surface area (Å²) in [6.45, 7) is 0.580. The lowest BCUT2D eigenvalue weighted by Crippen LogP contribution is -2.32. The normalized spacial score (nSPS) is 15.1. The van der Waals surface area contributed by atoms with E-state index < -0.39 is 0 Å². The Balaban J connectivity index is 1.61. The van der Waals surface area contributed by atoms with Crippen LogP contribution in [-0.4, -0.2) is 15.5 Å². The monoisotopic (exact) mass is 399 g/mol. The summed E-state index contributed by atoms with van der Waals surface area (Å²) in [5.74, 6) is 0.530. The van der Waals surface area contributed by atoms with Crippen LogP contribution in [0.5, 0.6) is 0 Å². The van der Waals surface area contributed by atoms with Crippen molar-refractivity contribution >= 4 is 28.5 Å². The third-order valence-corrected chi connectivity index (χ3v) is 5.86. The van der Waals surface area contributed by atoms with Gasteiger partial charge in [-0.15, -0.1) is 0 Å². The Labute approximate surface area is 168 Å². The van der Waals surface area contributed by atoms with Gasteiger partial charge in [-0.3, -0.25) is 4.79 Å². The minimum Gasteiger partial charge on any atom is -0.349 e. The molecule has 1 heterocycles. The number of nitrogens with one attached hydrogen (secondary N) is 1. The predicted octanol–water partition coefficient (Wildman–Crippen LogP) is 5.07. The Kier molecular flexibility index (Phi) is 5.62. The molecule has 0 spiro atoms. The molecule has 1 N–H and O–H groups in total. The number of hydrogen-bond acceptors (Lipinski definition) is 2. The predicted molar refractivity (Wildman–Crippen MR) is 109 cm³/mol. The zero-order chi connectivity index (χ0) is 19.5. The summed E-state index contributed by atoms with van der Waals surface area (Å²) in [5, 5.41) is 3.42. The summed E-state index contributed by atoms with van der Waals surface area (Å²) in [5.41, 5.74) is 2.13. The van der Waals surface area contributed by atoms with Crippen molar-refractivity contribution in [3.63, 3.8) is 0 Å². The highest BCUT2D eigenvalue weighted by Crippen LogP contribution is 2.25. The zero-order valence-electron chi connectivity index (χ0n) is 15.6. The highest BCUT2D eigenvalue weighted by atomic mass is 35.5. The van der Waals surface area contributed by atoms with Crippen molar-refractivity contribution in [2.24, 2.45) is 5.92 Å². The molecule has 1 amide bonds. The second-order valence-electron chi connectivity index (χ2n) is 7.36. The van der Waals surface area contributed by atoms with Gasteiger partial charge in [-0.05, 0) is 37.1 Å². The smallest absolute Gasteiger partial charge is 0.223 e. The summed E-state index contributed by atoms with van der Waals surface area (Å²) in [6.07, 6.45) is 5.34. The van der Waals surface area contributed by atoms with Crippen LogP contribution in [0.2, 0.25) is 5.02 Å². The maximum absolute atomic E-state index is 14.3. The lowest BCUT2D eigenvalue weighted by molar-refractivity contribution is -0.126. The molecule has 0 bridgehead atoms. The molecule has 0 unspecified atom stereocenters. The third-order valence-electron chi connectivity index (χ3n) is 5.51. The van der Waals surface area contributed by atoms with Crippen LogP contribution in [0.25, 0.3) is 11.0 Å². The Morgan fingerprint density at radius 1 is 1.14 bits per heavy atom. The summed E-state index contributed by atoms with van der Waals surface area (Å²) in [6, 6.07) is 12.4. The van der Waals surface area contributed by atoms with Crippen LogP contribution in [0.3, 0.4) is 0 Å². The summed E-state index contributed by atoms with van der Waals surface area (Å²) >= 11 is 6.24. The van der Waals surface area contributed by atoms with Gasteiger partial charge in [0, 0.05) is 16.5 Å². The molecule has 1 saturated carbocycles. The van der Waals surface area contributed by atoms with E-state index >= 15 is 0 Å². The first-order valence-electron chi connectivity index (χ1n) is 9.78. The molecule has 0 aliphatic heterocycles.